The maximum atomic E-state index is 14.0. The number of halogens is 1. The van der Waals surface area contributed by atoms with Crippen LogP contribution in [0.3, 0.4) is 0 Å². The molecule has 222 valence electrons. The van der Waals surface area contributed by atoms with E-state index in [1.54, 1.807) is 18.2 Å². The average Bonchev–Trinajstić information content (AvgIpc) is 2.88. The highest BCUT2D eigenvalue weighted by atomic mass is 35.5. The third-order valence-corrected chi connectivity index (χ3v) is 9.09. The van der Waals surface area contributed by atoms with Crippen molar-refractivity contribution < 1.29 is 19.1 Å². The number of amides is 1. The highest BCUT2D eigenvalue weighted by Crippen LogP contribution is 2.55. The standard InChI is InChI=1S/C35H41ClN2O4/c1-8-38-25-15-34(4,5)17-27(39)32(25)31(33-26(38)16-35(6,7)18-28(33)40)23-14-22(36)12-13-29(23)42-19-30(41)37-24-11-9-10-20(2)21(24)3/h9-14,31H,8,15-19H2,1-7H3,(H,37,41). The summed E-state index contributed by atoms with van der Waals surface area (Å²) in [7, 11) is 0. The molecule has 0 saturated heterocycles. The second-order valence-corrected chi connectivity index (χ2v) is 14.0. The maximum absolute atomic E-state index is 14.0. The molecule has 1 aliphatic heterocycles. The van der Waals surface area contributed by atoms with Crippen molar-refractivity contribution in [2.24, 2.45) is 10.8 Å². The number of nitrogens with one attached hydrogen (secondary N) is 1. The predicted molar refractivity (Wildman–Crippen MR) is 167 cm³/mol. The van der Waals surface area contributed by atoms with Crippen LogP contribution in [0.15, 0.2) is 58.9 Å². The minimum absolute atomic E-state index is 0.0486. The van der Waals surface area contributed by atoms with Crippen LogP contribution >= 0.6 is 11.6 Å². The molecule has 5 rings (SSSR count). The lowest BCUT2D eigenvalue weighted by atomic mass is 9.63. The lowest BCUT2D eigenvalue weighted by Gasteiger charge is -2.49. The van der Waals surface area contributed by atoms with Gasteiger partial charge in [-0.25, -0.2) is 0 Å². The summed E-state index contributed by atoms with van der Waals surface area (Å²) in [6.45, 7) is 15.0. The molecule has 2 aromatic rings. The molecule has 0 fully saturated rings. The first-order valence-corrected chi connectivity index (χ1v) is 15.2. The lowest BCUT2D eigenvalue weighted by Crippen LogP contribution is -2.44. The summed E-state index contributed by atoms with van der Waals surface area (Å²) in [5, 5.41) is 3.42. The van der Waals surface area contributed by atoms with Crippen LogP contribution < -0.4 is 10.1 Å². The number of aryl methyl sites for hydroxylation is 1. The number of nitrogens with zero attached hydrogens (tertiary/aromatic N) is 1. The monoisotopic (exact) mass is 588 g/mol. The average molecular weight is 589 g/mol. The van der Waals surface area contributed by atoms with Gasteiger partial charge >= 0.3 is 0 Å². The van der Waals surface area contributed by atoms with Crippen molar-refractivity contribution in [1.29, 1.82) is 0 Å². The summed E-state index contributed by atoms with van der Waals surface area (Å²) >= 11 is 6.56. The molecule has 0 bridgehead atoms. The molecule has 0 saturated carbocycles. The number of benzene rings is 2. The normalized spacial score (nSPS) is 20.0. The van der Waals surface area contributed by atoms with Gasteiger partial charge in [0.15, 0.2) is 18.2 Å². The van der Waals surface area contributed by atoms with E-state index in [-0.39, 0.29) is 34.9 Å². The Labute approximate surface area is 254 Å². The maximum Gasteiger partial charge on any atom is 0.262 e. The number of Topliss-reactive ketones (excluding diaryl/α,β-unsaturated/α-hetero) is 2. The molecule has 0 atom stereocenters. The first kappa shape index (κ1) is 30.1. The lowest BCUT2D eigenvalue weighted by molar-refractivity contribution is -0.120. The van der Waals surface area contributed by atoms with Crippen LogP contribution in [0.5, 0.6) is 5.75 Å². The van der Waals surface area contributed by atoms with E-state index in [4.69, 9.17) is 16.3 Å². The van der Waals surface area contributed by atoms with E-state index < -0.39 is 5.92 Å². The first-order valence-electron chi connectivity index (χ1n) is 14.8. The van der Waals surface area contributed by atoms with Gasteiger partial charge in [0.1, 0.15) is 5.75 Å². The van der Waals surface area contributed by atoms with Gasteiger partial charge in [0.25, 0.3) is 5.91 Å². The van der Waals surface area contributed by atoms with E-state index in [2.05, 4.69) is 44.8 Å². The highest BCUT2D eigenvalue weighted by molar-refractivity contribution is 6.30. The van der Waals surface area contributed by atoms with Crippen molar-refractivity contribution in [2.75, 3.05) is 18.5 Å². The largest absolute Gasteiger partial charge is 0.483 e. The summed E-state index contributed by atoms with van der Waals surface area (Å²) in [5.41, 5.74) is 6.39. The molecule has 0 radical (unpaired) electrons. The van der Waals surface area contributed by atoms with E-state index in [1.165, 1.54) is 0 Å². The number of rotatable bonds is 6. The fourth-order valence-electron chi connectivity index (χ4n) is 6.83. The van der Waals surface area contributed by atoms with Crippen molar-refractivity contribution in [3.63, 3.8) is 0 Å². The summed E-state index contributed by atoms with van der Waals surface area (Å²) in [6, 6.07) is 11.0. The fraction of sp³-hybridized carbons (Fsp3) is 0.457. The van der Waals surface area contributed by atoms with Crippen LogP contribution in [-0.4, -0.2) is 35.5 Å². The molecule has 1 amide bonds. The van der Waals surface area contributed by atoms with Gasteiger partial charge in [-0.15, -0.1) is 0 Å². The molecule has 1 heterocycles. The fourth-order valence-corrected chi connectivity index (χ4v) is 7.01. The van der Waals surface area contributed by atoms with Gasteiger partial charge in [-0.2, -0.15) is 0 Å². The Morgan fingerprint density at radius 1 is 0.952 bits per heavy atom. The van der Waals surface area contributed by atoms with E-state index in [9.17, 15) is 14.4 Å². The molecular formula is C35H41ClN2O4. The molecule has 0 spiro atoms. The third kappa shape index (κ3) is 5.66. The zero-order chi connectivity index (χ0) is 30.6. The highest BCUT2D eigenvalue weighted by Gasteiger charge is 2.49. The Morgan fingerprint density at radius 3 is 2.12 bits per heavy atom. The summed E-state index contributed by atoms with van der Waals surface area (Å²) in [5.74, 6) is -0.351. The van der Waals surface area contributed by atoms with E-state index >= 15 is 0 Å². The molecule has 6 nitrogen and oxygen atoms in total. The second kappa shape index (κ2) is 11.0. The second-order valence-electron chi connectivity index (χ2n) is 13.5. The SMILES string of the molecule is CCN1C2=C(C(=O)CC(C)(C)C2)C(c2cc(Cl)ccc2OCC(=O)Nc2cccc(C)c2C)C2=C1CC(C)(C)CC2=O. The smallest absolute Gasteiger partial charge is 0.262 e. The van der Waals surface area contributed by atoms with E-state index in [1.807, 2.05) is 32.0 Å². The van der Waals surface area contributed by atoms with Gasteiger partial charge in [-0.1, -0.05) is 51.4 Å². The zero-order valence-electron chi connectivity index (χ0n) is 25.7. The van der Waals surface area contributed by atoms with Crippen LogP contribution in [0.25, 0.3) is 0 Å². The molecule has 1 N–H and O–H groups in total. The Hall–Kier alpha value is -3.38. The Balaban J connectivity index is 1.59. The molecule has 42 heavy (non-hydrogen) atoms. The first-order chi connectivity index (χ1) is 19.7. The van der Waals surface area contributed by atoms with E-state index in [0.717, 1.165) is 41.1 Å². The summed E-state index contributed by atoms with van der Waals surface area (Å²) in [4.78, 5) is 43.1. The van der Waals surface area contributed by atoms with Crippen molar-refractivity contribution in [2.45, 2.75) is 80.1 Å². The Bertz CT molecular complexity index is 1490. The number of ether oxygens (including phenoxy) is 1. The third-order valence-electron chi connectivity index (χ3n) is 8.86. The Kier molecular flexibility index (Phi) is 7.90. The minimum atomic E-state index is -0.597. The number of hydrogen-bond donors (Lipinski definition) is 1. The van der Waals surface area contributed by atoms with Crippen molar-refractivity contribution in [1.82, 2.24) is 4.90 Å². The molecule has 0 aromatic heterocycles. The summed E-state index contributed by atoms with van der Waals surface area (Å²) in [6.07, 6.45) is 2.27. The van der Waals surface area contributed by atoms with Gasteiger partial charge in [0, 0.05) is 64.1 Å². The molecule has 0 unspecified atom stereocenters. The van der Waals surface area contributed by atoms with Gasteiger partial charge in [0.05, 0.1) is 0 Å². The van der Waals surface area contributed by atoms with Gasteiger partial charge in [0.2, 0.25) is 0 Å². The molecule has 3 aliphatic rings. The number of hydrogen-bond acceptors (Lipinski definition) is 5. The van der Waals surface area contributed by atoms with Crippen LogP contribution in [0, 0.1) is 24.7 Å². The van der Waals surface area contributed by atoms with Crippen LogP contribution in [0.2, 0.25) is 5.02 Å². The van der Waals surface area contributed by atoms with Crippen LogP contribution in [0.4, 0.5) is 5.69 Å². The van der Waals surface area contributed by atoms with Crippen LogP contribution in [-0.2, 0) is 14.4 Å². The number of ketones is 2. The van der Waals surface area contributed by atoms with Gasteiger partial charge in [-0.3, -0.25) is 14.4 Å². The number of anilines is 1. The molecule has 2 aromatic carbocycles. The van der Waals surface area contributed by atoms with Crippen molar-refractivity contribution >= 4 is 34.8 Å². The minimum Gasteiger partial charge on any atom is -0.483 e. The molecular weight excluding hydrogens is 548 g/mol. The van der Waals surface area contributed by atoms with Gasteiger partial charge < -0.3 is 15.0 Å². The predicted octanol–water partition coefficient (Wildman–Crippen LogP) is 7.68. The molecule has 2 aliphatic carbocycles. The topological polar surface area (TPSA) is 75.7 Å². The number of carbonyl (C=O) groups excluding carboxylic acids is 3. The van der Waals surface area contributed by atoms with Crippen molar-refractivity contribution in [3.8, 4) is 5.75 Å². The Morgan fingerprint density at radius 2 is 1.55 bits per heavy atom. The van der Waals surface area contributed by atoms with E-state index in [0.29, 0.717) is 46.9 Å². The quantitative estimate of drug-likeness (QED) is 0.374. The zero-order valence-corrected chi connectivity index (χ0v) is 26.5. The number of allylic oxidation sites excluding steroid dienone is 4. The molecule has 7 heteroatoms. The van der Waals surface area contributed by atoms with Gasteiger partial charge in [-0.05, 0) is 79.8 Å². The van der Waals surface area contributed by atoms with Crippen LogP contribution in [0.1, 0.15) is 82.9 Å². The summed E-state index contributed by atoms with van der Waals surface area (Å²) < 4.78 is 6.16. The number of carbonyl (C=O) groups is 3. The van der Waals surface area contributed by atoms with Crippen molar-refractivity contribution in [3.05, 3.63) is 80.7 Å².